The topological polar surface area (TPSA) is 59.4 Å². The molecule has 168 valence electrons. The Hall–Kier alpha value is -4.38. The molecule has 0 fully saturated rings. The second kappa shape index (κ2) is 9.24. The molecular formula is C29H27N5. The van der Waals surface area contributed by atoms with Crippen LogP contribution in [0.4, 0.5) is 5.69 Å². The highest BCUT2D eigenvalue weighted by molar-refractivity contribution is 6.09. The third kappa shape index (κ3) is 3.92. The molecule has 34 heavy (non-hydrogen) atoms. The van der Waals surface area contributed by atoms with Crippen LogP contribution in [-0.4, -0.2) is 15.4 Å². The number of rotatable bonds is 5. The molecule has 0 bridgehead atoms. The Kier molecular flexibility index (Phi) is 5.83. The van der Waals surface area contributed by atoms with Crippen LogP contribution in [0.2, 0.25) is 0 Å². The van der Waals surface area contributed by atoms with Crippen LogP contribution < -0.4 is 10.7 Å². The fraction of sp³-hybridized carbons (Fsp3) is 0.103. The van der Waals surface area contributed by atoms with Crippen LogP contribution in [-0.2, 0) is 6.54 Å². The lowest BCUT2D eigenvalue weighted by Gasteiger charge is -2.26. The van der Waals surface area contributed by atoms with Crippen molar-refractivity contribution in [3.8, 4) is 5.69 Å². The van der Waals surface area contributed by atoms with Crippen molar-refractivity contribution in [3.63, 3.8) is 0 Å². The summed E-state index contributed by atoms with van der Waals surface area (Å²) >= 11 is 0. The van der Waals surface area contributed by atoms with E-state index in [1.165, 1.54) is 22.2 Å². The zero-order chi connectivity index (χ0) is 23.5. The van der Waals surface area contributed by atoms with Crippen LogP contribution in [0.5, 0.6) is 0 Å². The Bertz CT molecular complexity index is 1440. The molecule has 5 rings (SSSR count). The van der Waals surface area contributed by atoms with Crippen LogP contribution in [0, 0.1) is 13.8 Å². The lowest BCUT2D eigenvalue weighted by molar-refractivity contribution is 0.982. The number of aryl methyl sites for hydroxylation is 1. The Labute approximate surface area is 199 Å². The van der Waals surface area contributed by atoms with E-state index in [4.69, 9.17) is 5.84 Å². The first-order valence-corrected chi connectivity index (χ1v) is 11.3. The van der Waals surface area contributed by atoms with Crippen LogP contribution in [0.15, 0.2) is 108 Å². The van der Waals surface area contributed by atoms with Crippen LogP contribution in [0.3, 0.4) is 0 Å². The predicted molar refractivity (Wildman–Crippen MR) is 140 cm³/mol. The van der Waals surface area contributed by atoms with Gasteiger partial charge in [0, 0.05) is 47.0 Å². The lowest BCUT2D eigenvalue weighted by atomic mass is 10.1. The fourth-order valence-corrected chi connectivity index (χ4v) is 4.49. The average molecular weight is 446 g/mol. The van der Waals surface area contributed by atoms with Gasteiger partial charge in [-0.05, 0) is 67.4 Å². The van der Waals surface area contributed by atoms with Gasteiger partial charge < -0.3 is 15.3 Å². The first kappa shape index (κ1) is 21.5. The first-order chi connectivity index (χ1) is 16.7. The molecule has 2 aromatic heterocycles. The highest BCUT2D eigenvalue weighted by atomic mass is 15.3. The molecule has 0 amide bonds. The highest BCUT2D eigenvalue weighted by Crippen LogP contribution is 2.29. The quantitative estimate of drug-likeness (QED) is 0.157. The van der Waals surface area contributed by atoms with E-state index < -0.39 is 0 Å². The summed E-state index contributed by atoms with van der Waals surface area (Å²) < 4.78 is 2.33. The summed E-state index contributed by atoms with van der Waals surface area (Å²) in [7, 11) is 0. The predicted octanol–water partition coefficient (Wildman–Crippen LogP) is 5.97. The fourth-order valence-electron chi connectivity index (χ4n) is 4.49. The van der Waals surface area contributed by atoms with Crippen molar-refractivity contribution in [2.24, 2.45) is 10.9 Å². The maximum atomic E-state index is 5.88. The first-order valence-electron chi connectivity index (χ1n) is 11.3. The second-order valence-electron chi connectivity index (χ2n) is 8.35. The number of nitrogens with zero attached hydrogens (tertiary/aromatic N) is 4. The highest BCUT2D eigenvalue weighted by Gasteiger charge is 2.17. The molecule has 0 radical (unpaired) electrons. The Morgan fingerprint density at radius 3 is 2.32 bits per heavy atom. The summed E-state index contributed by atoms with van der Waals surface area (Å²) in [4.78, 5) is 6.37. The standard InChI is InChI=1S/C29H27N5/c1-21-22(2)34(28-13-7-6-12-27(21)28)26-16-14-23(15-17-26)20-33(25-10-4-3-5-11-25)29(32-30)24-9-8-18-31-19-24/h3-19H,20,30H2,1-2H3/b32-29-. The van der Waals surface area contributed by atoms with Crippen molar-refractivity contribution in [1.29, 1.82) is 0 Å². The Balaban J connectivity index is 1.51. The molecule has 0 aliphatic carbocycles. The number of benzene rings is 3. The number of hydrogen-bond acceptors (Lipinski definition) is 3. The number of nitrogens with two attached hydrogens (primary N) is 1. The summed E-state index contributed by atoms with van der Waals surface area (Å²) in [6, 6.07) is 31.3. The van der Waals surface area contributed by atoms with Crippen LogP contribution >= 0.6 is 0 Å². The van der Waals surface area contributed by atoms with Crippen molar-refractivity contribution in [2.75, 3.05) is 4.90 Å². The average Bonchev–Trinajstić information content (AvgIpc) is 3.15. The van der Waals surface area contributed by atoms with Gasteiger partial charge in [0.1, 0.15) is 0 Å². The zero-order valence-corrected chi connectivity index (χ0v) is 19.4. The molecule has 5 nitrogen and oxygen atoms in total. The van der Waals surface area contributed by atoms with E-state index in [0.29, 0.717) is 12.4 Å². The third-order valence-electron chi connectivity index (χ3n) is 6.33. The molecule has 0 unspecified atom stereocenters. The van der Waals surface area contributed by atoms with E-state index in [2.05, 4.69) is 94.1 Å². The SMILES string of the molecule is Cc1c(C)n(-c2ccc(CN(/C(=N\N)c3cccnc3)c3ccccc3)cc2)c2ccccc12. The van der Waals surface area contributed by atoms with Gasteiger partial charge in [0.05, 0.1) is 5.52 Å². The molecular weight excluding hydrogens is 418 g/mol. The normalized spacial score (nSPS) is 11.6. The largest absolute Gasteiger partial charge is 0.321 e. The van der Waals surface area contributed by atoms with Gasteiger partial charge in [0.15, 0.2) is 5.84 Å². The molecule has 2 heterocycles. The summed E-state index contributed by atoms with van der Waals surface area (Å²) in [6.07, 6.45) is 3.53. The van der Waals surface area contributed by atoms with Crippen molar-refractivity contribution >= 4 is 22.4 Å². The second-order valence-corrected chi connectivity index (χ2v) is 8.35. The minimum atomic E-state index is 0.625. The molecule has 0 spiro atoms. The number of amidine groups is 1. The lowest BCUT2D eigenvalue weighted by Crippen LogP contribution is -2.32. The van der Waals surface area contributed by atoms with Gasteiger partial charge in [-0.1, -0.05) is 48.5 Å². The van der Waals surface area contributed by atoms with E-state index in [-0.39, 0.29) is 0 Å². The molecule has 0 saturated heterocycles. The molecule has 0 saturated carbocycles. The van der Waals surface area contributed by atoms with E-state index in [9.17, 15) is 0 Å². The minimum absolute atomic E-state index is 0.625. The Morgan fingerprint density at radius 1 is 0.882 bits per heavy atom. The Morgan fingerprint density at radius 2 is 1.62 bits per heavy atom. The van der Waals surface area contributed by atoms with Gasteiger partial charge in [0.25, 0.3) is 0 Å². The molecule has 5 heteroatoms. The summed E-state index contributed by atoms with van der Waals surface area (Å²) in [5.74, 6) is 6.56. The number of para-hydroxylation sites is 2. The molecule has 3 aromatic carbocycles. The van der Waals surface area contributed by atoms with E-state index in [0.717, 1.165) is 22.5 Å². The number of hydrogen-bond donors (Lipinski definition) is 1. The van der Waals surface area contributed by atoms with Crippen molar-refractivity contribution in [2.45, 2.75) is 20.4 Å². The number of aromatic nitrogens is 2. The molecule has 5 aromatic rings. The van der Waals surface area contributed by atoms with Gasteiger partial charge in [-0.25, -0.2) is 0 Å². The minimum Gasteiger partial charge on any atom is -0.321 e. The van der Waals surface area contributed by atoms with Gasteiger partial charge in [-0.15, -0.1) is 0 Å². The van der Waals surface area contributed by atoms with Gasteiger partial charge >= 0.3 is 0 Å². The summed E-state index contributed by atoms with van der Waals surface area (Å²) in [5, 5.41) is 5.43. The maximum absolute atomic E-state index is 5.88. The molecule has 0 atom stereocenters. The summed E-state index contributed by atoms with van der Waals surface area (Å²) in [5.41, 5.74) is 7.99. The summed E-state index contributed by atoms with van der Waals surface area (Å²) in [6.45, 7) is 4.99. The van der Waals surface area contributed by atoms with Crippen molar-refractivity contribution < 1.29 is 0 Å². The monoisotopic (exact) mass is 445 g/mol. The number of hydrazone groups is 1. The van der Waals surface area contributed by atoms with Gasteiger partial charge in [0.2, 0.25) is 0 Å². The van der Waals surface area contributed by atoms with E-state index >= 15 is 0 Å². The molecule has 0 aliphatic rings. The smallest absolute Gasteiger partial charge is 0.161 e. The van der Waals surface area contributed by atoms with Gasteiger partial charge in [-0.3, -0.25) is 4.98 Å². The number of fused-ring (bicyclic) bond motifs is 1. The van der Waals surface area contributed by atoms with E-state index in [1.54, 1.807) is 12.4 Å². The maximum Gasteiger partial charge on any atom is 0.161 e. The zero-order valence-electron chi connectivity index (χ0n) is 19.4. The molecule has 0 aliphatic heterocycles. The third-order valence-corrected chi connectivity index (χ3v) is 6.33. The van der Waals surface area contributed by atoms with Crippen molar-refractivity contribution in [1.82, 2.24) is 9.55 Å². The van der Waals surface area contributed by atoms with Crippen LogP contribution in [0.1, 0.15) is 22.4 Å². The van der Waals surface area contributed by atoms with Crippen molar-refractivity contribution in [3.05, 3.63) is 126 Å². The number of anilines is 1. The van der Waals surface area contributed by atoms with Crippen LogP contribution in [0.25, 0.3) is 16.6 Å². The van der Waals surface area contributed by atoms with Gasteiger partial charge in [-0.2, -0.15) is 5.10 Å². The molecule has 2 N–H and O–H groups in total. The number of pyridine rings is 1. The van der Waals surface area contributed by atoms with E-state index in [1.807, 2.05) is 30.3 Å².